The molecular formula is C13H14F3N3O3. The van der Waals surface area contributed by atoms with Crippen molar-refractivity contribution in [3.63, 3.8) is 0 Å². The van der Waals surface area contributed by atoms with Crippen molar-refractivity contribution in [2.75, 3.05) is 0 Å². The molecule has 0 radical (unpaired) electrons. The maximum absolute atomic E-state index is 13.5. The normalized spacial score (nSPS) is 19.8. The molecule has 1 fully saturated rings. The van der Waals surface area contributed by atoms with E-state index in [1.54, 1.807) is 0 Å². The number of amides is 1. The van der Waals surface area contributed by atoms with Crippen molar-refractivity contribution in [2.24, 2.45) is 0 Å². The van der Waals surface area contributed by atoms with Gasteiger partial charge in [0.2, 0.25) is 5.91 Å². The molecule has 1 aliphatic rings. The zero-order valence-corrected chi connectivity index (χ0v) is 11.8. The zero-order chi connectivity index (χ0) is 16.7. The van der Waals surface area contributed by atoms with Crippen LogP contribution in [0.25, 0.3) is 0 Å². The minimum Gasteiger partial charge on any atom is -0.287 e. The first kappa shape index (κ1) is 16.2. The molecule has 1 saturated heterocycles. The number of hydrogen-bond acceptors (Lipinski definition) is 4. The summed E-state index contributed by atoms with van der Waals surface area (Å²) in [4.78, 5) is 21.4. The Morgan fingerprint density at radius 1 is 1.32 bits per heavy atom. The molecule has 1 N–H and O–H groups in total. The van der Waals surface area contributed by atoms with Crippen molar-refractivity contribution in [2.45, 2.75) is 38.0 Å². The highest BCUT2D eigenvalue weighted by Crippen LogP contribution is 2.42. The van der Waals surface area contributed by atoms with Crippen LogP contribution in [-0.2, 0) is 4.79 Å². The van der Waals surface area contributed by atoms with E-state index < -0.39 is 28.6 Å². The summed E-state index contributed by atoms with van der Waals surface area (Å²) < 4.78 is 40.4. The van der Waals surface area contributed by atoms with E-state index in [9.17, 15) is 28.1 Å². The molecule has 2 rings (SSSR count). The second kappa shape index (κ2) is 5.24. The van der Waals surface area contributed by atoms with Gasteiger partial charge in [-0.25, -0.2) is 0 Å². The Morgan fingerprint density at radius 3 is 2.23 bits per heavy atom. The van der Waals surface area contributed by atoms with Crippen LogP contribution in [0.3, 0.4) is 0 Å². The molecular weight excluding hydrogens is 303 g/mol. The van der Waals surface area contributed by atoms with Crippen LogP contribution in [0.4, 0.5) is 18.9 Å². The maximum Gasteiger partial charge on any atom is 0.409 e. The largest absolute Gasteiger partial charge is 0.409 e. The molecule has 0 saturated carbocycles. The van der Waals surface area contributed by atoms with Gasteiger partial charge in [0, 0.05) is 24.1 Å². The van der Waals surface area contributed by atoms with Gasteiger partial charge in [0.15, 0.2) is 6.04 Å². The summed E-state index contributed by atoms with van der Waals surface area (Å²) in [6.07, 6.45) is -4.71. The summed E-state index contributed by atoms with van der Waals surface area (Å²) in [7, 11) is 0. The van der Waals surface area contributed by atoms with E-state index in [0.29, 0.717) is 0 Å². The third-order valence-electron chi connectivity index (χ3n) is 3.48. The third kappa shape index (κ3) is 3.03. The highest BCUT2D eigenvalue weighted by molar-refractivity contribution is 5.79. The Hall–Kier alpha value is -2.16. The molecule has 1 amide bonds. The van der Waals surface area contributed by atoms with Gasteiger partial charge in [-0.05, 0) is 19.4 Å². The van der Waals surface area contributed by atoms with Gasteiger partial charge in [0.05, 0.1) is 4.92 Å². The average molecular weight is 317 g/mol. The van der Waals surface area contributed by atoms with Crippen LogP contribution in [0.5, 0.6) is 0 Å². The van der Waals surface area contributed by atoms with Crippen molar-refractivity contribution in [3.05, 3.63) is 39.9 Å². The van der Waals surface area contributed by atoms with E-state index in [0.717, 1.165) is 29.3 Å². The summed E-state index contributed by atoms with van der Waals surface area (Å²) in [6.45, 7) is 3.05. The summed E-state index contributed by atoms with van der Waals surface area (Å²) >= 11 is 0. The van der Waals surface area contributed by atoms with Gasteiger partial charge in [0.25, 0.3) is 5.69 Å². The quantitative estimate of drug-likeness (QED) is 0.687. The molecule has 1 unspecified atom stereocenters. The van der Waals surface area contributed by atoms with Gasteiger partial charge in [-0.15, -0.1) is 0 Å². The molecule has 120 valence electrons. The van der Waals surface area contributed by atoms with E-state index in [1.807, 2.05) is 0 Å². The molecule has 1 aromatic carbocycles. The predicted molar refractivity (Wildman–Crippen MR) is 70.6 cm³/mol. The lowest BCUT2D eigenvalue weighted by molar-refractivity contribution is -0.384. The number of rotatable bonds is 3. The number of alkyl halides is 3. The third-order valence-corrected chi connectivity index (χ3v) is 3.48. The fraction of sp³-hybridized carbons (Fsp3) is 0.462. The fourth-order valence-corrected chi connectivity index (χ4v) is 2.48. The molecule has 0 spiro atoms. The molecule has 0 aromatic heterocycles. The van der Waals surface area contributed by atoms with Gasteiger partial charge in [-0.3, -0.25) is 20.3 Å². The molecule has 22 heavy (non-hydrogen) atoms. The molecule has 1 atom stereocenters. The predicted octanol–water partition coefficient (Wildman–Crippen LogP) is 2.71. The Labute approximate surface area is 124 Å². The van der Waals surface area contributed by atoms with Crippen LogP contribution in [0.15, 0.2) is 24.3 Å². The smallest absolute Gasteiger partial charge is 0.287 e. The second-order valence-corrected chi connectivity index (χ2v) is 5.69. The lowest BCUT2D eigenvalue weighted by Crippen LogP contribution is -2.51. The van der Waals surface area contributed by atoms with Gasteiger partial charge < -0.3 is 0 Å². The molecule has 0 aliphatic carbocycles. The lowest BCUT2D eigenvalue weighted by Gasteiger charge is -2.37. The van der Waals surface area contributed by atoms with E-state index >= 15 is 0 Å². The number of hydrazine groups is 1. The Kier molecular flexibility index (Phi) is 3.86. The Bertz CT molecular complexity index is 599. The Morgan fingerprint density at radius 2 is 1.86 bits per heavy atom. The Balaban J connectivity index is 2.43. The first-order valence-corrected chi connectivity index (χ1v) is 6.42. The van der Waals surface area contributed by atoms with Gasteiger partial charge in [0.1, 0.15) is 0 Å². The fourth-order valence-electron chi connectivity index (χ4n) is 2.48. The van der Waals surface area contributed by atoms with E-state index in [-0.39, 0.29) is 17.7 Å². The van der Waals surface area contributed by atoms with E-state index in [2.05, 4.69) is 5.43 Å². The van der Waals surface area contributed by atoms with Crippen molar-refractivity contribution in [3.8, 4) is 0 Å². The first-order chi connectivity index (χ1) is 10.0. The van der Waals surface area contributed by atoms with Gasteiger partial charge in [-0.2, -0.15) is 18.2 Å². The van der Waals surface area contributed by atoms with Crippen LogP contribution in [-0.4, -0.2) is 27.6 Å². The number of carbonyl (C=O) groups is 1. The molecule has 9 heteroatoms. The highest BCUT2D eigenvalue weighted by atomic mass is 19.4. The minimum atomic E-state index is -4.65. The summed E-state index contributed by atoms with van der Waals surface area (Å²) in [5.74, 6) is -0.499. The van der Waals surface area contributed by atoms with Gasteiger partial charge in [-0.1, -0.05) is 12.1 Å². The van der Waals surface area contributed by atoms with Crippen LogP contribution >= 0.6 is 0 Å². The lowest BCUT2D eigenvalue weighted by atomic mass is 9.97. The van der Waals surface area contributed by atoms with Crippen LogP contribution in [0, 0.1) is 10.1 Å². The number of hydrogen-bond donors (Lipinski definition) is 1. The number of nitro groups is 1. The van der Waals surface area contributed by atoms with E-state index in [4.69, 9.17) is 0 Å². The standard InChI is InChI=1S/C13H14F3N3O3/c1-12(2)7-10(20)17-18(12)11(13(14,15)16)8-3-5-9(6-4-8)19(21)22/h3-6,11H,7H2,1-2H3,(H,17,20). The van der Waals surface area contributed by atoms with Crippen molar-refractivity contribution >= 4 is 11.6 Å². The monoisotopic (exact) mass is 317 g/mol. The number of non-ortho nitro benzene ring substituents is 1. The van der Waals surface area contributed by atoms with Crippen LogP contribution < -0.4 is 5.43 Å². The number of carbonyl (C=O) groups excluding carboxylic acids is 1. The van der Waals surface area contributed by atoms with Crippen LogP contribution in [0.1, 0.15) is 31.9 Å². The maximum atomic E-state index is 13.5. The summed E-state index contributed by atoms with van der Waals surface area (Å²) in [5, 5.41) is 11.5. The molecule has 0 bridgehead atoms. The number of benzene rings is 1. The molecule has 1 aliphatic heterocycles. The molecule has 6 nitrogen and oxygen atoms in total. The van der Waals surface area contributed by atoms with E-state index in [1.165, 1.54) is 13.8 Å². The van der Waals surface area contributed by atoms with Gasteiger partial charge >= 0.3 is 6.18 Å². The number of nitrogens with zero attached hydrogens (tertiary/aromatic N) is 2. The summed E-state index contributed by atoms with van der Waals surface area (Å²) in [6, 6.07) is 2.06. The minimum absolute atomic E-state index is 0.0629. The average Bonchev–Trinajstić information content (AvgIpc) is 2.61. The molecule has 1 aromatic rings. The highest BCUT2D eigenvalue weighted by Gasteiger charge is 2.52. The summed E-state index contributed by atoms with van der Waals surface area (Å²) in [5.41, 5.74) is 0.729. The van der Waals surface area contributed by atoms with Crippen molar-refractivity contribution < 1.29 is 22.9 Å². The van der Waals surface area contributed by atoms with Crippen molar-refractivity contribution in [1.29, 1.82) is 0 Å². The number of nitro benzene ring substituents is 1. The zero-order valence-electron chi connectivity index (χ0n) is 11.8. The van der Waals surface area contributed by atoms with Crippen LogP contribution in [0.2, 0.25) is 0 Å². The number of nitrogens with one attached hydrogen (secondary N) is 1. The second-order valence-electron chi connectivity index (χ2n) is 5.69. The topological polar surface area (TPSA) is 75.5 Å². The SMILES string of the molecule is CC1(C)CC(=O)NN1C(c1ccc([N+](=O)[O-])cc1)C(F)(F)F. The first-order valence-electron chi connectivity index (χ1n) is 6.42. The molecule has 1 heterocycles. The number of halogens is 3. The van der Waals surface area contributed by atoms with Crippen molar-refractivity contribution in [1.82, 2.24) is 10.4 Å².